The zero-order chi connectivity index (χ0) is 23.8. The maximum atomic E-state index is 13.7. The quantitative estimate of drug-likeness (QED) is 0.631. The van der Waals surface area contributed by atoms with Gasteiger partial charge in [0.1, 0.15) is 30.5 Å². The standard InChI is InChI=1S/C24H27ClN4O4S/c1-13-9-16(28-26-10-13)18-7-8-19(34-18)23(31)27-20(14-5-3-2-4-6-14)24(32)29-11-15(25)22-21(29)17(30)12-33-22/h7-10,14-15,20-22H,2-6,11-12H2,1H3,(H,27,31)/t15-,20?,21+,22+/m0/s1. The maximum Gasteiger partial charge on any atom is 0.262 e. The summed E-state index contributed by atoms with van der Waals surface area (Å²) in [6.07, 6.45) is 6.10. The third-order valence-electron chi connectivity index (χ3n) is 6.95. The molecule has 0 aromatic carbocycles. The maximum absolute atomic E-state index is 13.7. The average molecular weight is 503 g/mol. The van der Waals surface area contributed by atoms with Gasteiger partial charge < -0.3 is 15.0 Å². The predicted molar refractivity (Wildman–Crippen MR) is 128 cm³/mol. The van der Waals surface area contributed by atoms with Crippen molar-refractivity contribution in [3.05, 3.63) is 34.8 Å². The molecule has 0 bridgehead atoms. The largest absolute Gasteiger partial charge is 0.366 e. The van der Waals surface area contributed by atoms with Crippen LogP contribution in [0.25, 0.3) is 10.6 Å². The van der Waals surface area contributed by atoms with Crippen LogP contribution in [0, 0.1) is 12.8 Å². The number of carbonyl (C=O) groups is 3. The summed E-state index contributed by atoms with van der Waals surface area (Å²) in [7, 11) is 0. The van der Waals surface area contributed by atoms with Crippen LogP contribution in [0.3, 0.4) is 0 Å². The lowest BCUT2D eigenvalue weighted by atomic mass is 9.83. The highest BCUT2D eigenvalue weighted by atomic mass is 35.5. The third kappa shape index (κ3) is 4.48. The minimum absolute atomic E-state index is 0.0252. The summed E-state index contributed by atoms with van der Waals surface area (Å²) in [6.45, 7) is 2.16. The molecule has 2 amide bonds. The second-order valence-electron chi connectivity index (χ2n) is 9.32. The molecule has 1 unspecified atom stereocenters. The number of nitrogens with one attached hydrogen (secondary N) is 1. The van der Waals surface area contributed by atoms with Crippen LogP contribution in [-0.4, -0.2) is 69.4 Å². The summed E-state index contributed by atoms with van der Waals surface area (Å²) in [5.41, 5.74) is 1.69. The first-order valence-corrected chi connectivity index (χ1v) is 13.0. The number of aryl methyl sites for hydroxylation is 1. The van der Waals surface area contributed by atoms with Crippen LogP contribution in [0.15, 0.2) is 24.4 Å². The Morgan fingerprint density at radius 1 is 1.26 bits per heavy atom. The van der Waals surface area contributed by atoms with E-state index >= 15 is 0 Å². The summed E-state index contributed by atoms with van der Waals surface area (Å²) < 4.78 is 5.54. The number of ketones is 1. The Bertz CT molecular complexity index is 1100. The third-order valence-corrected chi connectivity index (χ3v) is 8.45. The Balaban J connectivity index is 1.37. The zero-order valence-corrected chi connectivity index (χ0v) is 20.5. The molecule has 2 aliphatic heterocycles. The molecule has 8 nitrogen and oxygen atoms in total. The van der Waals surface area contributed by atoms with Crippen molar-refractivity contribution in [1.82, 2.24) is 20.4 Å². The van der Waals surface area contributed by atoms with Crippen LogP contribution in [0.2, 0.25) is 0 Å². The van der Waals surface area contributed by atoms with Gasteiger partial charge in [0.2, 0.25) is 5.91 Å². The number of aromatic nitrogens is 2. The molecule has 1 N–H and O–H groups in total. The van der Waals surface area contributed by atoms with Crippen molar-refractivity contribution in [2.75, 3.05) is 13.2 Å². The van der Waals surface area contributed by atoms with Crippen molar-refractivity contribution in [3.8, 4) is 10.6 Å². The highest BCUT2D eigenvalue weighted by molar-refractivity contribution is 7.17. The summed E-state index contributed by atoms with van der Waals surface area (Å²) >= 11 is 7.73. The fraction of sp³-hybridized carbons (Fsp3) is 0.542. The number of alkyl halides is 1. The van der Waals surface area contributed by atoms with Gasteiger partial charge in [-0.25, -0.2) is 0 Å². The van der Waals surface area contributed by atoms with Gasteiger partial charge in [0, 0.05) is 6.54 Å². The SMILES string of the molecule is Cc1cnnc(-c2ccc(C(=O)NC(C(=O)N3C[C@H](Cl)[C@H]4OCC(=O)[C@H]43)C3CCCCC3)s2)c1. The molecule has 4 atom stereocenters. The summed E-state index contributed by atoms with van der Waals surface area (Å²) in [4.78, 5) is 42.3. The number of carbonyl (C=O) groups excluding carboxylic acids is 3. The number of halogens is 1. The number of likely N-dealkylation sites (tertiary alicyclic amines) is 1. The molecule has 3 aliphatic rings. The number of amides is 2. The first kappa shape index (κ1) is 23.4. The summed E-state index contributed by atoms with van der Waals surface area (Å²) in [6, 6.07) is 4.15. The summed E-state index contributed by atoms with van der Waals surface area (Å²) in [5.74, 6) is -0.638. The first-order valence-electron chi connectivity index (χ1n) is 11.7. The molecule has 10 heteroatoms. The number of nitrogens with zero attached hydrogens (tertiary/aromatic N) is 3. The van der Waals surface area contributed by atoms with Crippen molar-refractivity contribution in [2.24, 2.45) is 5.92 Å². The van der Waals surface area contributed by atoms with Crippen LogP contribution in [0.5, 0.6) is 0 Å². The van der Waals surface area contributed by atoms with E-state index in [1.54, 1.807) is 17.2 Å². The van der Waals surface area contributed by atoms with Crippen molar-refractivity contribution in [1.29, 1.82) is 0 Å². The van der Waals surface area contributed by atoms with Gasteiger partial charge in [0.15, 0.2) is 5.78 Å². The minimum Gasteiger partial charge on any atom is -0.366 e. The molecule has 2 saturated heterocycles. The van der Waals surface area contributed by atoms with Crippen LogP contribution in [0.1, 0.15) is 47.3 Å². The zero-order valence-electron chi connectivity index (χ0n) is 18.9. The van der Waals surface area contributed by atoms with Gasteiger partial charge in [-0.1, -0.05) is 19.3 Å². The highest BCUT2D eigenvalue weighted by Gasteiger charge is 2.53. The van der Waals surface area contributed by atoms with Crippen LogP contribution < -0.4 is 5.32 Å². The molecule has 1 saturated carbocycles. The van der Waals surface area contributed by atoms with E-state index in [1.165, 1.54) is 11.3 Å². The van der Waals surface area contributed by atoms with E-state index in [4.69, 9.17) is 16.3 Å². The van der Waals surface area contributed by atoms with E-state index < -0.39 is 23.6 Å². The topological polar surface area (TPSA) is 101 Å². The van der Waals surface area contributed by atoms with Gasteiger partial charge in [-0.15, -0.1) is 28.0 Å². The predicted octanol–water partition coefficient (Wildman–Crippen LogP) is 2.98. The number of ether oxygens (including phenoxy) is 1. The van der Waals surface area contributed by atoms with Crippen LogP contribution in [0.4, 0.5) is 0 Å². The van der Waals surface area contributed by atoms with Gasteiger partial charge in [-0.2, -0.15) is 5.10 Å². The lowest BCUT2D eigenvalue weighted by Crippen LogP contribution is -2.55. The lowest BCUT2D eigenvalue weighted by Gasteiger charge is -2.34. The Kier molecular flexibility index (Phi) is 6.68. The number of fused-ring (bicyclic) bond motifs is 1. The molecule has 4 heterocycles. The average Bonchev–Trinajstić information content (AvgIpc) is 3.56. The van der Waals surface area contributed by atoms with E-state index in [0.29, 0.717) is 10.6 Å². The Hall–Kier alpha value is -2.36. The number of hydrogen-bond acceptors (Lipinski definition) is 7. The second kappa shape index (κ2) is 9.71. The molecule has 1 aliphatic carbocycles. The highest BCUT2D eigenvalue weighted by Crippen LogP contribution is 2.34. The number of thiophene rings is 1. The fourth-order valence-corrected chi connectivity index (χ4v) is 6.47. The Morgan fingerprint density at radius 2 is 2.06 bits per heavy atom. The number of Topliss-reactive ketones (excluding diaryl/α,β-unsaturated/α-hetero) is 1. The van der Waals surface area contributed by atoms with E-state index in [1.807, 2.05) is 19.1 Å². The Labute approximate surface area is 207 Å². The smallest absolute Gasteiger partial charge is 0.262 e. The second-order valence-corrected chi connectivity index (χ2v) is 11.0. The number of rotatable bonds is 5. The van der Waals surface area contributed by atoms with Crippen molar-refractivity contribution in [3.63, 3.8) is 0 Å². The van der Waals surface area contributed by atoms with E-state index in [2.05, 4.69) is 15.5 Å². The van der Waals surface area contributed by atoms with Crippen molar-refractivity contribution < 1.29 is 19.1 Å². The van der Waals surface area contributed by atoms with Gasteiger partial charge in [0.25, 0.3) is 5.91 Å². The normalized spacial score (nSPS) is 25.9. The molecule has 180 valence electrons. The van der Waals surface area contributed by atoms with Gasteiger partial charge in [-0.05, 0) is 49.4 Å². The van der Waals surface area contributed by atoms with Gasteiger partial charge in [-0.3, -0.25) is 14.4 Å². The van der Waals surface area contributed by atoms with Crippen molar-refractivity contribution in [2.45, 2.75) is 62.6 Å². The van der Waals surface area contributed by atoms with Crippen LogP contribution >= 0.6 is 22.9 Å². The number of hydrogen-bond donors (Lipinski definition) is 1. The fourth-order valence-electron chi connectivity index (χ4n) is 5.25. The van der Waals surface area contributed by atoms with E-state index in [0.717, 1.165) is 42.5 Å². The van der Waals surface area contributed by atoms with E-state index in [9.17, 15) is 14.4 Å². The molecule has 5 rings (SSSR count). The molecule has 2 aromatic rings. The van der Waals surface area contributed by atoms with Crippen molar-refractivity contribution >= 4 is 40.5 Å². The summed E-state index contributed by atoms with van der Waals surface area (Å²) in [5, 5.41) is 10.7. The lowest BCUT2D eigenvalue weighted by molar-refractivity contribution is -0.139. The minimum atomic E-state index is -0.701. The van der Waals surface area contributed by atoms with Gasteiger partial charge in [0.05, 0.1) is 21.3 Å². The molecule has 2 aromatic heterocycles. The molecule has 0 spiro atoms. The molecule has 3 fully saturated rings. The monoisotopic (exact) mass is 502 g/mol. The van der Waals surface area contributed by atoms with Crippen LogP contribution in [-0.2, 0) is 14.3 Å². The molecule has 0 radical (unpaired) electrons. The van der Waals surface area contributed by atoms with E-state index in [-0.39, 0.29) is 36.7 Å². The Morgan fingerprint density at radius 3 is 2.82 bits per heavy atom. The molecule has 34 heavy (non-hydrogen) atoms. The molecular formula is C24H27ClN4O4S. The molecular weight excluding hydrogens is 476 g/mol. The first-order chi connectivity index (χ1) is 16.4. The van der Waals surface area contributed by atoms with Gasteiger partial charge >= 0.3 is 0 Å².